The molecule has 0 bridgehead atoms. The van der Waals surface area contributed by atoms with Crippen molar-refractivity contribution in [3.8, 4) is 0 Å². The SMILES string of the molecule is OC[C@H]1[C@@H](O)[C@H](O)[C@@H](O)CN1CCc1ccc(F)cc1F. The van der Waals surface area contributed by atoms with Crippen molar-refractivity contribution in [2.24, 2.45) is 0 Å². The van der Waals surface area contributed by atoms with Crippen LogP contribution in [-0.4, -0.2) is 69.4 Å². The van der Waals surface area contributed by atoms with Crippen molar-refractivity contribution in [3.05, 3.63) is 35.4 Å². The zero-order chi connectivity index (χ0) is 15.6. The van der Waals surface area contributed by atoms with Gasteiger partial charge in [0.2, 0.25) is 0 Å². The summed E-state index contributed by atoms with van der Waals surface area (Å²) in [5, 5.41) is 38.4. The summed E-state index contributed by atoms with van der Waals surface area (Å²) >= 11 is 0. The van der Waals surface area contributed by atoms with Gasteiger partial charge in [-0.15, -0.1) is 0 Å². The molecule has 0 aliphatic carbocycles. The van der Waals surface area contributed by atoms with E-state index in [4.69, 9.17) is 0 Å². The number of likely N-dealkylation sites (tertiary alicyclic amines) is 1. The van der Waals surface area contributed by atoms with Gasteiger partial charge in [0.1, 0.15) is 23.8 Å². The number of nitrogens with zero attached hydrogens (tertiary/aromatic N) is 1. The third-order valence-corrected chi connectivity index (χ3v) is 3.90. The molecular weight excluding hydrogens is 284 g/mol. The lowest BCUT2D eigenvalue weighted by molar-refractivity contribution is -0.144. The minimum absolute atomic E-state index is 0.0618. The molecule has 0 saturated carbocycles. The van der Waals surface area contributed by atoms with Gasteiger partial charge in [-0.1, -0.05) is 6.07 Å². The van der Waals surface area contributed by atoms with E-state index in [1.165, 1.54) is 6.07 Å². The second-order valence-electron chi connectivity index (χ2n) is 5.28. The zero-order valence-corrected chi connectivity index (χ0v) is 11.4. The number of hydrogen-bond donors (Lipinski definition) is 4. The van der Waals surface area contributed by atoms with Gasteiger partial charge in [0.05, 0.1) is 18.8 Å². The fourth-order valence-corrected chi connectivity index (χ4v) is 2.62. The first kappa shape index (κ1) is 16.3. The lowest BCUT2D eigenvalue weighted by Gasteiger charge is -2.43. The minimum Gasteiger partial charge on any atom is -0.395 e. The number of benzene rings is 1. The summed E-state index contributed by atoms with van der Waals surface area (Å²) < 4.78 is 26.4. The first-order valence-corrected chi connectivity index (χ1v) is 6.77. The Morgan fingerprint density at radius 2 is 1.86 bits per heavy atom. The first-order chi connectivity index (χ1) is 9.93. The van der Waals surface area contributed by atoms with E-state index in [9.17, 15) is 29.2 Å². The monoisotopic (exact) mass is 303 g/mol. The van der Waals surface area contributed by atoms with E-state index in [0.29, 0.717) is 5.56 Å². The van der Waals surface area contributed by atoms with Gasteiger partial charge < -0.3 is 20.4 Å². The molecule has 1 aromatic rings. The summed E-state index contributed by atoms with van der Waals surface area (Å²) in [4.78, 5) is 1.59. The van der Waals surface area contributed by atoms with Crippen LogP contribution in [0.25, 0.3) is 0 Å². The van der Waals surface area contributed by atoms with Crippen molar-refractivity contribution in [3.63, 3.8) is 0 Å². The Bertz CT molecular complexity index is 488. The van der Waals surface area contributed by atoms with Crippen molar-refractivity contribution in [2.75, 3.05) is 19.7 Å². The van der Waals surface area contributed by atoms with Gasteiger partial charge in [0.25, 0.3) is 0 Å². The van der Waals surface area contributed by atoms with Crippen LogP contribution < -0.4 is 0 Å². The molecule has 4 atom stereocenters. The van der Waals surface area contributed by atoms with E-state index < -0.39 is 42.6 Å². The van der Waals surface area contributed by atoms with Gasteiger partial charge in [0.15, 0.2) is 0 Å². The maximum absolute atomic E-state index is 13.6. The summed E-state index contributed by atoms with van der Waals surface area (Å²) in [6, 6.07) is 2.56. The largest absolute Gasteiger partial charge is 0.395 e. The van der Waals surface area contributed by atoms with Crippen molar-refractivity contribution in [1.29, 1.82) is 0 Å². The second kappa shape index (κ2) is 6.76. The average Bonchev–Trinajstić information content (AvgIpc) is 2.44. The summed E-state index contributed by atoms with van der Waals surface area (Å²) in [5.74, 6) is -1.31. The third-order valence-electron chi connectivity index (χ3n) is 3.90. The summed E-state index contributed by atoms with van der Waals surface area (Å²) in [5.41, 5.74) is 0.309. The number of aliphatic hydroxyl groups is 4. The lowest BCUT2D eigenvalue weighted by atomic mass is 9.94. The van der Waals surface area contributed by atoms with Crippen molar-refractivity contribution < 1.29 is 29.2 Å². The fraction of sp³-hybridized carbons (Fsp3) is 0.571. The Kier molecular flexibility index (Phi) is 5.23. The highest BCUT2D eigenvalue weighted by atomic mass is 19.1. The molecule has 1 fully saturated rings. The van der Waals surface area contributed by atoms with Crippen LogP contribution in [0.2, 0.25) is 0 Å². The molecule has 0 unspecified atom stereocenters. The lowest BCUT2D eigenvalue weighted by Crippen LogP contribution is -2.62. The highest BCUT2D eigenvalue weighted by Crippen LogP contribution is 2.20. The fourth-order valence-electron chi connectivity index (χ4n) is 2.62. The Labute approximate surface area is 121 Å². The first-order valence-electron chi connectivity index (χ1n) is 6.77. The third kappa shape index (κ3) is 3.56. The van der Waals surface area contributed by atoms with Crippen LogP contribution in [0, 0.1) is 11.6 Å². The normalized spacial score (nSPS) is 30.6. The number of halogens is 2. The highest BCUT2D eigenvalue weighted by molar-refractivity contribution is 5.19. The summed E-state index contributed by atoms with van der Waals surface area (Å²) in [6.07, 6.45) is -3.50. The number of rotatable bonds is 4. The summed E-state index contributed by atoms with van der Waals surface area (Å²) in [7, 11) is 0. The molecule has 5 nitrogen and oxygen atoms in total. The van der Waals surface area contributed by atoms with E-state index in [2.05, 4.69) is 0 Å². The van der Waals surface area contributed by atoms with Gasteiger partial charge in [-0.2, -0.15) is 0 Å². The number of piperidine rings is 1. The standard InChI is InChI=1S/C14H19F2NO4/c15-9-2-1-8(10(16)5-9)3-4-17-6-12(19)14(21)13(20)11(17)7-18/h1-2,5,11-14,18-21H,3-4,6-7H2/t11-,12-,13+,14+/m0/s1. The smallest absolute Gasteiger partial charge is 0.129 e. The molecule has 4 N–H and O–H groups in total. The van der Waals surface area contributed by atoms with Gasteiger partial charge in [0, 0.05) is 19.2 Å². The maximum Gasteiger partial charge on any atom is 0.129 e. The molecule has 7 heteroatoms. The van der Waals surface area contributed by atoms with E-state index in [1.54, 1.807) is 4.90 Å². The van der Waals surface area contributed by atoms with Gasteiger partial charge in [-0.25, -0.2) is 8.78 Å². The van der Waals surface area contributed by atoms with Crippen molar-refractivity contribution in [2.45, 2.75) is 30.8 Å². The topological polar surface area (TPSA) is 84.2 Å². The van der Waals surface area contributed by atoms with Crippen LogP contribution in [0.5, 0.6) is 0 Å². The molecule has 21 heavy (non-hydrogen) atoms. The molecule has 0 aromatic heterocycles. The molecule has 1 saturated heterocycles. The zero-order valence-electron chi connectivity index (χ0n) is 11.4. The Morgan fingerprint density at radius 3 is 2.48 bits per heavy atom. The van der Waals surface area contributed by atoms with Crippen molar-refractivity contribution >= 4 is 0 Å². The molecule has 0 radical (unpaired) electrons. The predicted octanol–water partition coefficient (Wildman–Crippen LogP) is -0.734. The molecule has 0 amide bonds. The van der Waals surface area contributed by atoms with Crippen LogP contribution >= 0.6 is 0 Å². The van der Waals surface area contributed by atoms with Crippen LogP contribution in [0.1, 0.15) is 5.56 Å². The predicted molar refractivity (Wildman–Crippen MR) is 70.5 cm³/mol. The van der Waals surface area contributed by atoms with Gasteiger partial charge in [-0.3, -0.25) is 4.90 Å². The Balaban J connectivity index is 2.03. The van der Waals surface area contributed by atoms with E-state index in [0.717, 1.165) is 12.1 Å². The molecule has 1 heterocycles. The van der Waals surface area contributed by atoms with E-state index >= 15 is 0 Å². The van der Waals surface area contributed by atoms with Crippen LogP contribution in [-0.2, 0) is 6.42 Å². The molecule has 118 valence electrons. The summed E-state index contributed by atoms with van der Waals surface area (Å²) in [6.45, 7) is -0.0717. The van der Waals surface area contributed by atoms with E-state index in [-0.39, 0.29) is 19.5 Å². The minimum atomic E-state index is -1.32. The molecule has 1 aliphatic heterocycles. The Hall–Kier alpha value is -1.12. The molecule has 1 aliphatic rings. The van der Waals surface area contributed by atoms with Crippen LogP contribution in [0.4, 0.5) is 8.78 Å². The number of hydrogen-bond acceptors (Lipinski definition) is 5. The molecule has 2 rings (SSSR count). The number of β-amino-alcohol motifs (C(OH)–C–C–N with tert-alkyl or cyclic N) is 1. The average molecular weight is 303 g/mol. The second-order valence-corrected chi connectivity index (χ2v) is 5.28. The Morgan fingerprint density at radius 1 is 1.14 bits per heavy atom. The van der Waals surface area contributed by atoms with Crippen molar-refractivity contribution in [1.82, 2.24) is 4.90 Å². The molecular formula is C14H19F2NO4. The molecule has 0 spiro atoms. The van der Waals surface area contributed by atoms with E-state index in [1.807, 2.05) is 0 Å². The highest BCUT2D eigenvalue weighted by Gasteiger charge is 2.40. The molecule has 1 aromatic carbocycles. The quantitative estimate of drug-likeness (QED) is 0.589. The van der Waals surface area contributed by atoms with Crippen LogP contribution in [0.3, 0.4) is 0 Å². The van der Waals surface area contributed by atoms with Crippen LogP contribution in [0.15, 0.2) is 18.2 Å². The number of aliphatic hydroxyl groups excluding tert-OH is 4. The van der Waals surface area contributed by atoms with Gasteiger partial charge >= 0.3 is 0 Å². The van der Waals surface area contributed by atoms with Gasteiger partial charge in [-0.05, 0) is 18.1 Å². The maximum atomic E-state index is 13.6.